The molecule has 0 saturated heterocycles. The molecular weight excluding hydrogens is 286 g/mol. The molecule has 122 valence electrons. The summed E-state index contributed by atoms with van der Waals surface area (Å²) in [6, 6.07) is 14.3. The number of rotatable bonds is 7. The summed E-state index contributed by atoms with van der Waals surface area (Å²) in [5, 5.41) is 2.90. The van der Waals surface area contributed by atoms with Crippen LogP contribution in [-0.2, 0) is 17.6 Å². The summed E-state index contributed by atoms with van der Waals surface area (Å²) < 4.78 is 5.73. The first-order chi connectivity index (χ1) is 11.1. The quantitative estimate of drug-likeness (QED) is 0.793. The van der Waals surface area contributed by atoms with Crippen LogP contribution >= 0.6 is 0 Å². The molecule has 1 amide bonds. The molecular formula is C20H25NO2. The maximum absolute atomic E-state index is 11.9. The van der Waals surface area contributed by atoms with Crippen molar-refractivity contribution >= 4 is 5.91 Å². The second-order valence-corrected chi connectivity index (χ2v) is 5.81. The van der Waals surface area contributed by atoms with Gasteiger partial charge in [0.1, 0.15) is 12.4 Å². The molecule has 2 aromatic carbocycles. The predicted molar refractivity (Wildman–Crippen MR) is 93.9 cm³/mol. The summed E-state index contributed by atoms with van der Waals surface area (Å²) in [4.78, 5) is 11.9. The minimum atomic E-state index is 0.0267. The van der Waals surface area contributed by atoms with Crippen molar-refractivity contribution in [3.05, 3.63) is 64.7 Å². The van der Waals surface area contributed by atoms with Crippen LogP contribution in [0.15, 0.2) is 42.5 Å². The van der Waals surface area contributed by atoms with E-state index in [9.17, 15) is 4.79 Å². The van der Waals surface area contributed by atoms with Crippen LogP contribution in [0.3, 0.4) is 0 Å². The average Bonchev–Trinajstić information content (AvgIpc) is 2.55. The van der Waals surface area contributed by atoms with Gasteiger partial charge in [-0.25, -0.2) is 0 Å². The fourth-order valence-corrected chi connectivity index (χ4v) is 2.35. The van der Waals surface area contributed by atoms with Gasteiger partial charge in [-0.15, -0.1) is 0 Å². The van der Waals surface area contributed by atoms with Crippen molar-refractivity contribution in [1.82, 2.24) is 5.32 Å². The van der Waals surface area contributed by atoms with Crippen molar-refractivity contribution in [2.45, 2.75) is 33.6 Å². The highest BCUT2D eigenvalue weighted by Crippen LogP contribution is 2.18. The summed E-state index contributed by atoms with van der Waals surface area (Å²) in [5.74, 6) is 0.910. The van der Waals surface area contributed by atoms with Gasteiger partial charge in [-0.1, -0.05) is 43.3 Å². The first-order valence-corrected chi connectivity index (χ1v) is 8.13. The van der Waals surface area contributed by atoms with Crippen molar-refractivity contribution < 1.29 is 9.53 Å². The molecule has 0 radical (unpaired) electrons. The zero-order valence-corrected chi connectivity index (χ0v) is 14.2. The van der Waals surface area contributed by atoms with E-state index in [0.717, 1.165) is 23.3 Å². The van der Waals surface area contributed by atoms with Gasteiger partial charge in [0.25, 0.3) is 0 Å². The SMILES string of the molecule is CCc1ccc(CC(=O)NCCOc2cc(C)ccc2C)cc1. The van der Waals surface area contributed by atoms with Gasteiger partial charge < -0.3 is 10.1 Å². The molecule has 3 nitrogen and oxygen atoms in total. The number of aryl methyl sites for hydroxylation is 3. The van der Waals surface area contributed by atoms with Gasteiger partial charge in [0.15, 0.2) is 0 Å². The number of benzene rings is 2. The largest absolute Gasteiger partial charge is 0.491 e. The highest BCUT2D eigenvalue weighted by molar-refractivity contribution is 5.78. The average molecular weight is 311 g/mol. The van der Waals surface area contributed by atoms with Gasteiger partial charge in [-0.2, -0.15) is 0 Å². The van der Waals surface area contributed by atoms with Crippen molar-refractivity contribution in [1.29, 1.82) is 0 Å². The van der Waals surface area contributed by atoms with Crippen LogP contribution < -0.4 is 10.1 Å². The maximum Gasteiger partial charge on any atom is 0.224 e. The van der Waals surface area contributed by atoms with Gasteiger partial charge in [0, 0.05) is 0 Å². The van der Waals surface area contributed by atoms with E-state index in [1.165, 1.54) is 11.1 Å². The van der Waals surface area contributed by atoms with Gasteiger partial charge in [-0.05, 0) is 48.6 Å². The molecule has 3 heteroatoms. The zero-order chi connectivity index (χ0) is 16.7. The molecule has 0 heterocycles. The van der Waals surface area contributed by atoms with Crippen LogP contribution in [-0.4, -0.2) is 19.1 Å². The van der Waals surface area contributed by atoms with E-state index in [-0.39, 0.29) is 5.91 Å². The van der Waals surface area contributed by atoms with Crippen LogP contribution in [0.5, 0.6) is 5.75 Å². The first-order valence-electron chi connectivity index (χ1n) is 8.13. The molecule has 2 rings (SSSR count). The molecule has 0 aliphatic heterocycles. The lowest BCUT2D eigenvalue weighted by Gasteiger charge is -2.11. The number of hydrogen-bond acceptors (Lipinski definition) is 2. The van der Waals surface area contributed by atoms with Crippen molar-refractivity contribution in [3.8, 4) is 5.75 Å². The Bertz CT molecular complexity index is 647. The van der Waals surface area contributed by atoms with Gasteiger partial charge in [0.05, 0.1) is 13.0 Å². The van der Waals surface area contributed by atoms with E-state index in [1.54, 1.807) is 0 Å². The Balaban J connectivity index is 1.73. The molecule has 1 N–H and O–H groups in total. The van der Waals surface area contributed by atoms with E-state index >= 15 is 0 Å². The van der Waals surface area contributed by atoms with E-state index in [0.29, 0.717) is 19.6 Å². The molecule has 0 aliphatic carbocycles. The standard InChI is InChI=1S/C20H25NO2/c1-4-17-7-9-18(10-8-17)14-20(22)21-11-12-23-19-13-15(2)5-6-16(19)3/h5-10,13H,4,11-12,14H2,1-3H3,(H,21,22). The van der Waals surface area contributed by atoms with Gasteiger partial charge >= 0.3 is 0 Å². The topological polar surface area (TPSA) is 38.3 Å². The smallest absolute Gasteiger partial charge is 0.224 e. The Morgan fingerprint density at radius 2 is 1.74 bits per heavy atom. The van der Waals surface area contributed by atoms with Crippen LogP contribution in [0, 0.1) is 13.8 Å². The summed E-state index contributed by atoms with van der Waals surface area (Å²) in [7, 11) is 0. The van der Waals surface area contributed by atoms with Crippen LogP contribution in [0.2, 0.25) is 0 Å². The number of carbonyl (C=O) groups excluding carboxylic acids is 1. The molecule has 0 spiro atoms. The molecule has 0 fully saturated rings. The molecule has 0 aliphatic rings. The van der Waals surface area contributed by atoms with E-state index in [1.807, 2.05) is 38.1 Å². The molecule has 2 aromatic rings. The lowest BCUT2D eigenvalue weighted by molar-refractivity contribution is -0.120. The zero-order valence-electron chi connectivity index (χ0n) is 14.2. The highest BCUT2D eigenvalue weighted by Gasteiger charge is 2.04. The monoisotopic (exact) mass is 311 g/mol. The van der Waals surface area contributed by atoms with Crippen molar-refractivity contribution in [2.75, 3.05) is 13.2 Å². The molecule has 0 saturated carbocycles. The Morgan fingerprint density at radius 1 is 1.04 bits per heavy atom. The summed E-state index contributed by atoms with van der Waals surface area (Å²) in [5.41, 5.74) is 4.61. The van der Waals surface area contributed by atoms with Crippen LogP contribution in [0.4, 0.5) is 0 Å². The normalized spacial score (nSPS) is 10.4. The predicted octanol–water partition coefficient (Wildman–Crippen LogP) is 3.60. The fraction of sp³-hybridized carbons (Fsp3) is 0.350. The Kier molecular flexibility index (Phi) is 6.21. The first kappa shape index (κ1) is 17.1. The van der Waals surface area contributed by atoms with Crippen LogP contribution in [0.1, 0.15) is 29.2 Å². The number of nitrogens with one attached hydrogen (secondary N) is 1. The molecule has 23 heavy (non-hydrogen) atoms. The third-order valence-electron chi connectivity index (χ3n) is 3.82. The lowest BCUT2D eigenvalue weighted by atomic mass is 10.1. The molecule has 0 aromatic heterocycles. The number of ether oxygens (including phenoxy) is 1. The number of carbonyl (C=O) groups is 1. The summed E-state index contributed by atoms with van der Waals surface area (Å²) in [6.45, 7) is 7.17. The van der Waals surface area contributed by atoms with Crippen LogP contribution in [0.25, 0.3) is 0 Å². The minimum absolute atomic E-state index is 0.0267. The van der Waals surface area contributed by atoms with Crippen molar-refractivity contribution in [2.24, 2.45) is 0 Å². The van der Waals surface area contributed by atoms with Crippen molar-refractivity contribution in [3.63, 3.8) is 0 Å². The fourth-order valence-electron chi connectivity index (χ4n) is 2.35. The third kappa shape index (κ3) is 5.44. The molecule has 0 bridgehead atoms. The second-order valence-electron chi connectivity index (χ2n) is 5.81. The molecule has 0 unspecified atom stereocenters. The number of hydrogen-bond donors (Lipinski definition) is 1. The Morgan fingerprint density at radius 3 is 2.43 bits per heavy atom. The van der Waals surface area contributed by atoms with E-state index in [4.69, 9.17) is 4.74 Å². The highest BCUT2D eigenvalue weighted by atomic mass is 16.5. The Labute approximate surface area is 138 Å². The van der Waals surface area contributed by atoms with Gasteiger partial charge in [0.2, 0.25) is 5.91 Å². The second kappa shape index (κ2) is 8.37. The number of amides is 1. The Hall–Kier alpha value is -2.29. The lowest BCUT2D eigenvalue weighted by Crippen LogP contribution is -2.29. The van der Waals surface area contributed by atoms with Gasteiger partial charge in [-0.3, -0.25) is 4.79 Å². The van der Waals surface area contributed by atoms with E-state index in [2.05, 4.69) is 30.4 Å². The molecule has 0 atom stereocenters. The minimum Gasteiger partial charge on any atom is -0.491 e. The maximum atomic E-state index is 11.9. The summed E-state index contributed by atoms with van der Waals surface area (Å²) >= 11 is 0. The summed E-state index contributed by atoms with van der Waals surface area (Å²) in [6.07, 6.45) is 1.43. The van der Waals surface area contributed by atoms with E-state index < -0.39 is 0 Å². The third-order valence-corrected chi connectivity index (χ3v) is 3.82.